The van der Waals surface area contributed by atoms with Crippen molar-refractivity contribution in [3.63, 3.8) is 0 Å². The highest BCUT2D eigenvalue weighted by atomic mass is 19.1. The maximum atomic E-state index is 13.9. The summed E-state index contributed by atoms with van der Waals surface area (Å²) in [5.41, 5.74) is 1.07. The summed E-state index contributed by atoms with van der Waals surface area (Å²) in [5, 5.41) is 17.7. The van der Waals surface area contributed by atoms with E-state index in [4.69, 9.17) is 0 Å². The molecular weight excluding hydrogens is 247 g/mol. The minimum absolute atomic E-state index is 0.343. The number of fused-ring (bicyclic) bond motifs is 1. The second-order valence-electron chi connectivity index (χ2n) is 4.71. The van der Waals surface area contributed by atoms with Crippen LogP contribution in [0.3, 0.4) is 0 Å². The van der Waals surface area contributed by atoms with Crippen molar-refractivity contribution in [1.29, 1.82) is 0 Å². The third kappa shape index (κ3) is 2.08. The number of hydrogen-bond acceptors (Lipinski definition) is 4. The van der Waals surface area contributed by atoms with Crippen molar-refractivity contribution < 1.29 is 9.50 Å². The van der Waals surface area contributed by atoms with Gasteiger partial charge in [0.05, 0.1) is 12.6 Å². The third-order valence-corrected chi connectivity index (χ3v) is 3.43. The number of hydrogen-bond donors (Lipinski definition) is 1. The Labute approximate surface area is 110 Å². The number of rotatable bonds is 2. The smallest absolute Gasteiger partial charge is 0.152 e. The quantitative estimate of drug-likeness (QED) is 0.891. The predicted octanol–water partition coefficient (Wildman–Crippen LogP) is 1.49. The summed E-state index contributed by atoms with van der Waals surface area (Å²) in [6, 6.07) is 4.87. The molecule has 0 radical (unpaired) electrons. The molecule has 19 heavy (non-hydrogen) atoms. The maximum absolute atomic E-state index is 13.9. The van der Waals surface area contributed by atoms with Gasteiger partial charge in [-0.05, 0) is 19.1 Å². The summed E-state index contributed by atoms with van der Waals surface area (Å²) in [4.78, 5) is 2.02. The molecule has 0 fully saturated rings. The molecular formula is C13H15FN4O. The SMILES string of the molecule is C[C@@H](O)c1c(F)cccc1N1CCn2cnnc2C1. The van der Waals surface area contributed by atoms with Crippen LogP contribution in [0.2, 0.25) is 0 Å². The van der Waals surface area contributed by atoms with Gasteiger partial charge in [0.15, 0.2) is 5.82 Å². The molecule has 0 spiro atoms. The lowest BCUT2D eigenvalue weighted by molar-refractivity contribution is 0.194. The summed E-state index contributed by atoms with van der Waals surface area (Å²) in [6.45, 7) is 3.66. The number of aromatic nitrogens is 3. The van der Waals surface area contributed by atoms with Crippen molar-refractivity contribution in [2.24, 2.45) is 0 Å². The standard InChI is InChI=1S/C13H15FN4O/c1-9(19)13-10(14)3-2-4-11(13)17-5-6-18-8-15-16-12(18)7-17/h2-4,8-9,19H,5-7H2,1H3/t9-/m1/s1. The number of aliphatic hydroxyl groups is 1. The molecule has 0 saturated carbocycles. The van der Waals surface area contributed by atoms with E-state index in [1.807, 2.05) is 15.5 Å². The van der Waals surface area contributed by atoms with E-state index in [-0.39, 0.29) is 5.82 Å². The Morgan fingerprint density at radius 3 is 3.00 bits per heavy atom. The molecule has 5 nitrogen and oxygen atoms in total. The zero-order chi connectivity index (χ0) is 13.4. The first kappa shape index (κ1) is 12.1. The second kappa shape index (κ2) is 4.62. The highest BCUT2D eigenvalue weighted by Crippen LogP contribution is 2.30. The highest BCUT2D eigenvalue weighted by molar-refractivity contribution is 5.55. The topological polar surface area (TPSA) is 54.2 Å². The van der Waals surface area contributed by atoms with Crippen LogP contribution >= 0.6 is 0 Å². The minimum atomic E-state index is -0.837. The van der Waals surface area contributed by atoms with Crippen LogP contribution in [0.25, 0.3) is 0 Å². The first-order chi connectivity index (χ1) is 9.16. The van der Waals surface area contributed by atoms with Crippen LogP contribution in [0.1, 0.15) is 24.4 Å². The molecule has 1 aromatic carbocycles. The Hall–Kier alpha value is -1.95. The highest BCUT2D eigenvalue weighted by Gasteiger charge is 2.22. The van der Waals surface area contributed by atoms with E-state index >= 15 is 0 Å². The summed E-state index contributed by atoms with van der Waals surface area (Å²) >= 11 is 0. The third-order valence-electron chi connectivity index (χ3n) is 3.43. The minimum Gasteiger partial charge on any atom is -0.389 e. The van der Waals surface area contributed by atoms with Crippen LogP contribution in [-0.2, 0) is 13.1 Å². The van der Waals surface area contributed by atoms with Gasteiger partial charge in [-0.3, -0.25) is 0 Å². The van der Waals surface area contributed by atoms with E-state index in [1.165, 1.54) is 6.07 Å². The Morgan fingerprint density at radius 1 is 1.37 bits per heavy atom. The summed E-state index contributed by atoms with van der Waals surface area (Å²) in [6.07, 6.45) is 0.865. The molecule has 6 heteroatoms. The van der Waals surface area contributed by atoms with E-state index in [0.717, 1.165) is 24.6 Å². The summed E-state index contributed by atoms with van der Waals surface area (Å²) in [5.74, 6) is 0.478. The molecule has 1 aliphatic rings. The van der Waals surface area contributed by atoms with Crippen LogP contribution in [0.4, 0.5) is 10.1 Å². The van der Waals surface area contributed by atoms with Crippen molar-refractivity contribution in [2.75, 3.05) is 11.4 Å². The summed E-state index contributed by atoms with van der Waals surface area (Å²) in [7, 11) is 0. The lowest BCUT2D eigenvalue weighted by Gasteiger charge is -2.31. The molecule has 1 aliphatic heterocycles. The average Bonchev–Trinajstić information content (AvgIpc) is 2.85. The second-order valence-corrected chi connectivity index (χ2v) is 4.71. The van der Waals surface area contributed by atoms with Gasteiger partial charge in [-0.1, -0.05) is 6.07 Å². The molecule has 0 unspecified atom stereocenters. The van der Waals surface area contributed by atoms with Gasteiger partial charge in [0.2, 0.25) is 0 Å². The molecule has 2 heterocycles. The maximum Gasteiger partial charge on any atom is 0.152 e. The van der Waals surface area contributed by atoms with Gasteiger partial charge in [0.25, 0.3) is 0 Å². The van der Waals surface area contributed by atoms with Crippen molar-refractivity contribution in [3.8, 4) is 0 Å². The van der Waals surface area contributed by atoms with Crippen LogP contribution in [0.15, 0.2) is 24.5 Å². The molecule has 0 bridgehead atoms. The zero-order valence-corrected chi connectivity index (χ0v) is 10.6. The fourth-order valence-electron chi connectivity index (χ4n) is 2.49. The molecule has 1 aromatic heterocycles. The van der Waals surface area contributed by atoms with Crippen LogP contribution in [0.5, 0.6) is 0 Å². The lowest BCUT2D eigenvalue weighted by Crippen LogP contribution is -2.34. The molecule has 1 N–H and O–H groups in total. The van der Waals surface area contributed by atoms with Gasteiger partial charge in [0.1, 0.15) is 12.1 Å². The largest absolute Gasteiger partial charge is 0.389 e. The van der Waals surface area contributed by atoms with Crippen molar-refractivity contribution >= 4 is 5.69 Å². The normalized spacial score (nSPS) is 16.3. The van der Waals surface area contributed by atoms with Crippen LogP contribution in [0, 0.1) is 5.82 Å². The fraction of sp³-hybridized carbons (Fsp3) is 0.385. The first-order valence-corrected chi connectivity index (χ1v) is 6.25. The van der Waals surface area contributed by atoms with E-state index < -0.39 is 6.10 Å². The van der Waals surface area contributed by atoms with E-state index in [0.29, 0.717) is 12.1 Å². The van der Waals surface area contributed by atoms with Crippen molar-refractivity contribution in [1.82, 2.24) is 14.8 Å². The predicted molar refractivity (Wildman–Crippen MR) is 68.1 cm³/mol. The first-order valence-electron chi connectivity index (χ1n) is 6.25. The molecule has 3 rings (SSSR count). The van der Waals surface area contributed by atoms with Gasteiger partial charge in [-0.2, -0.15) is 0 Å². The number of halogens is 1. The fourth-order valence-corrected chi connectivity index (χ4v) is 2.49. The average molecular weight is 262 g/mol. The molecule has 0 saturated heterocycles. The summed E-state index contributed by atoms with van der Waals surface area (Å²) < 4.78 is 15.9. The Bertz CT molecular complexity index is 596. The van der Waals surface area contributed by atoms with Crippen molar-refractivity contribution in [2.45, 2.75) is 26.1 Å². The monoisotopic (exact) mass is 262 g/mol. The Kier molecular flexibility index (Phi) is 2.94. The molecule has 0 aliphatic carbocycles. The number of aliphatic hydroxyl groups excluding tert-OH is 1. The van der Waals surface area contributed by atoms with E-state index in [9.17, 15) is 9.50 Å². The van der Waals surface area contributed by atoms with Gasteiger partial charge in [0, 0.05) is 24.3 Å². The molecule has 0 amide bonds. The van der Waals surface area contributed by atoms with Gasteiger partial charge in [-0.15, -0.1) is 10.2 Å². The molecule has 2 aromatic rings. The lowest BCUT2D eigenvalue weighted by atomic mass is 10.1. The van der Waals surface area contributed by atoms with Crippen LogP contribution in [-0.4, -0.2) is 26.4 Å². The number of anilines is 1. The van der Waals surface area contributed by atoms with E-state index in [1.54, 1.807) is 19.3 Å². The Balaban J connectivity index is 1.98. The van der Waals surface area contributed by atoms with Gasteiger partial charge in [-0.25, -0.2) is 4.39 Å². The number of nitrogens with zero attached hydrogens (tertiary/aromatic N) is 4. The molecule has 1 atom stereocenters. The number of benzene rings is 1. The molecule has 100 valence electrons. The Morgan fingerprint density at radius 2 is 2.21 bits per heavy atom. The zero-order valence-electron chi connectivity index (χ0n) is 10.6. The van der Waals surface area contributed by atoms with Gasteiger partial charge >= 0.3 is 0 Å². The van der Waals surface area contributed by atoms with Crippen LogP contribution < -0.4 is 4.90 Å². The van der Waals surface area contributed by atoms with Crippen molar-refractivity contribution in [3.05, 3.63) is 41.7 Å². The van der Waals surface area contributed by atoms with E-state index in [2.05, 4.69) is 10.2 Å². The van der Waals surface area contributed by atoms with Gasteiger partial charge < -0.3 is 14.6 Å².